The fourth-order valence-corrected chi connectivity index (χ4v) is 3.40. The minimum atomic E-state index is -0.192. The van der Waals surface area contributed by atoms with Gasteiger partial charge in [-0.1, -0.05) is 62.5 Å². The van der Waals surface area contributed by atoms with Crippen molar-refractivity contribution in [3.63, 3.8) is 0 Å². The van der Waals surface area contributed by atoms with E-state index in [-0.39, 0.29) is 13.2 Å². The van der Waals surface area contributed by atoms with Crippen LogP contribution in [-0.2, 0) is 16.0 Å². The van der Waals surface area contributed by atoms with E-state index < -0.39 is 0 Å². The molecule has 0 unspecified atom stereocenters. The molecule has 0 atom stereocenters. The number of thioether (sulfide) groups is 1. The molecule has 0 spiro atoms. The molecule has 2 aromatic rings. The molecule has 0 saturated heterocycles. The summed E-state index contributed by atoms with van der Waals surface area (Å²) < 4.78 is 6.18. The maximum Gasteiger partial charge on any atom is 0.192 e. The Bertz CT molecular complexity index is 984. The van der Waals surface area contributed by atoms with Crippen LogP contribution in [0.5, 0.6) is 5.75 Å². The smallest absolute Gasteiger partial charge is 0.192 e. The molecule has 0 aliphatic heterocycles. The minimum Gasteiger partial charge on any atom is -0.462 e. The predicted octanol–water partition coefficient (Wildman–Crippen LogP) is 7.26. The van der Waals surface area contributed by atoms with E-state index in [1.807, 2.05) is 24.3 Å². The number of ether oxygens (including phenoxy) is 1. The Kier molecular flexibility index (Phi) is 11.4. The zero-order chi connectivity index (χ0) is 21.9. The summed E-state index contributed by atoms with van der Waals surface area (Å²) in [5.41, 5.74) is 5.21. The summed E-state index contributed by atoms with van der Waals surface area (Å²) in [4.78, 5) is 23.5. The van der Waals surface area contributed by atoms with Crippen molar-refractivity contribution in [2.45, 2.75) is 48.0 Å². The number of ketones is 1. The first-order valence-corrected chi connectivity index (χ1v) is 10.9. The molecule has 0 aromatic heterocycles. The van der Waals surface area contributed by atoms with Crippen molar-refractivity contribution in [2.24, 2.45) is 0 Å². The van der Waals surface area contributed by atoms with Crippen LogP contribution in [0.3, 0.4) is 0 Å². The van der Waals surface area contributed by atoms with E-state index in [2.05, 4.69) is 45.0 Å². The van der Waals surface area contributed by atoms with Crippen molar-refractivity contribution in [1.29, 1.82) is 0 Å². The Hall–Kier alpha value is -2.85. The lowest BCUT2D eigenvalue weighted by Crippen LogP contribution is -2.01. The summed E-state index contributed by atoms with van der Waals surface area (Å²) in [7, 11) is 0. The summed E-state index contributed by atoms with van der Waals surface area (Å²) in [6, 6.07) is 14.0. The highest BCUT2D eigenvalue weighted by Gasteiger charge is 2.08. The van der Waals surface area contributed by atoms with Gasteiger partial charge in [-0.15, -0.1) is 0 Å². The zero-order valence-electron chi connectivity index (χ0n) is 18.0. The summed E-state index contributed by atoms with van der Waals surface area (Å²) in [5.74, 6) is 1.39. The number of carbonyl (C=O) groups is 2. The molecule has 31 heavy (non-hydrogen) atoms. The third-order valence-corrected chi connectivity index (χ3v) is 5.19. The molecule has 0 aliphatic carbocycles. The van der Waals surface area contributed by atoms with Gasteiger partial charge in [0.15, 0.2) is 11.4 Å². The van der Waals surface area contributed by atoms with Gasteiger partial charge in [-0.2, -0.15) is 0 Å². The van der Waals surface area contributed by atoms with Gasteiger partial charge in [0, 0.05) is 6.42 Å². The minimum absolute atomic E-state index is 0. The normalized spacial score (nSPS) is 11.9. The first-order chi connectivity index (χ1) is 14.5. The Morgan fingerprint density at radius 2 is 1.87 bits per heavy atom. The van der Waals surface area contributed by atoms with Gasteiger partial charge in [0.1, 0.15) is 11.5 Å². The largest absolute Gasteiger partial charge is 0.462 e. The molecule has 0 heterocycles. The topological polar surface area (TPSA) is 43.4 Å². The Balaban J connectivity index is 0.00000480. The number of hydrogen-bond acceptors (Lipinski definition) is 4. The van der Waals surface area contributed by atoms with Gasteiger partial charge in [-0.3, -0.25) is 9.59 Å². The lowest BCUT2D eigenvalue weighted by molar-refractivity contribution is -0.110. The lowest BCUT2D eigenvalue weighted by Gasteiger charge is -2.12. The number of aryl methyl sites for hydroxylation is 2. The average Bonchev–Trinajstić information content (AvgIpc) is 2.71. The molecule has 4 heteroatoms. The standard InChI is InChI=1S/C26H28O3S.CH4/c1-5-8-23(16-22-13-12-19(3)20(4)14-22)29-24-11-7-10-21(15-24)17-26(30-18-27)25(28)9-6-2;/h6-15,17-18H,5,16H2,1-4H3;1H4/b9-6-,23-8-,26-17-;. The maximum absolute atomic E-state index is 12.2. The van der Waals surface area contributed by atoms with Crippen LogP contribution in [0, 0.1) is 13.8 Å². The molecule has 0 amide bonds. The molecular weight excluding hydrogens is 404 g/mol. The fraction of sp³-hybridized carbons (Fsp3) is 0.259. The quantitative estimate of drug-likeness (QED) is 0.223. The average molecular weight is 437 g/mol. The Morgan fingerprint density at radius 1 is 1.10 bits per heavy atom. The van der Waals surface area contributed by atoms with Crippen LogP contribution in [0.4, 0.5) is 0 Å². The lowest BCUT2D eigenvalue weighted by atomic mass is 10.0. The Labute approximate surface area is 190 Å². The van der Waals surface area contributed by atoms with Crippen molar-refractivity contribution in [3.8, 4) is 5.75 Å². The molecule has 0 aliphatic rings. The molecular formula is C27H32O3S. The SMILES string of the molecule is C.C/C=C\C(=O)/C(=C/c1cccc(O/C(=C\CC)Cc2ccc(C)c(C)c2)c1)SC=O. The molecule has 2 rings (SSSR count). The molecule has 164 valence electrons. The van der Waals surface area contributed by atoms with Crippen molar-refractivity contribution in [3.05, 3.63) is 93.6 Å². The van der Waals surface area contributed by atoms with Gasteiger partial charge in [0.05, 0.1) is 4.91 Å². The van der Waals surface area contributed by atoms with Crippen LogP contribution >= 0.6 is 11.8 Å². The van der Waals surface area contributed by atoms with Crippen molar-refractivity contribution < 1.29 is 14.3 Å². The number of benzene rings is 2. The van der Waals surface area contributed by atoms with E-state index in [4.69, 9.17) is 4.74 Å². The van der Waals surface area contributed by atoms with E-state index in [1.165, 1.54) is 22.8 Å². The van der Waals surface area contributed by atoms with Gasteiger partial charge in [0.25, 0.3) is 0 Å². The van der Waals surface area contributed by atoms with E-state index in [9.17, 15) is 9.59 Å². The molecule has 3 nitrogen and oxygen atoms in total. The highest BCUT2D eigenvalue weighted by atomic mass is 32.2. The van der Waals surface area contributed by atoms with Gasteiger partial charge < -0.3 is 4.74 Å². The van der Waals surface area contributed by atoms with Crippen LogP contribution in [0.2, 0.25) is 0 Å². The number of hydrogen-bond donors (Lipinski definition) is 0. The van der Waals surface area contributed by atoms with E-state index in [0.29, 0.717) is 22.7 Å². The highest BCUT2D eigenvalue weighted by Crippen LogP contribution is 2.24. The van der Waals surface area contributed by atoms with Crippen molar-refractivity contribution >= 4 is 29.2 Å². The summed E-state index contributed by atoms with van der Waals surface area (Å²) in [6.45, 7) is 8.07. The maximum atomic E-state index is 12.2. The van der Waals surface area contributed by atoms with Crippen LogP contribution in [0.1, 0.15) is 49.9 Å². The van der Waals surface area contributed by atoms with E-state index >= 15 is 0 Å². The summed E-state index contributed by atoms with van der Waals surface area (Å²) in [6.07, 6.45) is 8.49. The van der Waals surface area contributed by atoms with E-state index in [1.54, 1.807) is 19.1 Å². The highest BCUT2D eigenvalue weighted by molar-refractivity contribution is 8.16. The second kappa shape index (κ2) is 13.5. The third-order valence-electron chi connectivity index (χ3n) is 4.52. The number of allylic oxidation sites excluding steroid dienone is 5. The first-order valence-electron chi connectivity index (χ1n) is 9.99. The van der Waals surface area contributed by atoms with Crippen molar-refractivity contribution in [1.82, 2.24) is 0 Å². The summed E-state index contributed by atoms with van der Waals surface area (Å²) in [5, 5.41) is 0. The molecule has 0 radical (unpaired) electrons. The van der Waals surface area contributed by atoms with Crippen LogP contribution < -0.4 is 4.74 Å². The van der Waals surface area contributed by atoms with Crippen LogP contribution in [0.15, 0.2) is 71.4 Å². The van der Waals surface area contributed by atoms with Crippen LogP contribution in [0.25, 0.3) is 6.08 Å². The zero-order valence-corrected chi connectivity index (χ0v) is 18.8. The fourth-order valence-electron chi connectivity index (χ4n) is 2.91. The van der Waals surface area contributed by atoms with Gasteiger partial charge in [-0.05, 0) is 79.8 Å². The van der Waals surface area contributed by atoms with E-state index in [0.717, 1.165) is 29.5 Å². The number of carbonyl (C=O) groups excluding carboxylic acids is 2. The molecule has 2 aromatic carbocycles. The first kappa shape index (κ1) is 26.2. The molecule has 0 saturated carbocycles. The molecule has 0 fully saturated rings. The van der Waals surface area contributed by atoms with Crippen molar-refractivity contribution in [2.75, 3.05) is 0 Å². The second-order valence-corrected chi connectivity index (χ2v) is 7.80. The third kappa shape index (κ3) is 8.42. The Morgan fingerprint density at radius 3 is 2.52 bits per heavy atom. The predicted molar refractivity (Wildman–Crippen MR) is 134 cm³/mol. The monoisotopic (exact) mass is 436 g/mol. The molecule has 0 bridgehead atoms. The van der Waals surface area contributed by atoms with Crippen LogP contribution in [-0.4, -0.2) is 11.4 Å². The molecule has 0 N–H and O–H groups in total. The number of rotatable bonds is 10. The van der Waals surface area contributed by atoms with Gasteiger partial charge in [0.2, 0.25) is 0 Å². The summed E-state index contributed by atoms with van der Waals surface area (Å²) >= 11 is 0.879. The van der Waals surface area contributed by atoms with Gasteiger partial charge >= 0.3 is 0 Å². The second-order valence-electron chi connectivity index (χ2n) is 6.94. The van der Waals surface area contributed by atoms with Gasteiger partial charge in [-0.25, -0.2) is 0 Å².